The molecule has 0 amide bonds. The van der Waals surface area contributed by atoms with Crippen LogP contribution in [0, 0.1) is 6.92 Å². The van der Waals surface area contributed by atoms with Crippen LogP contribution >= 0.6 is 0 Å². The minimum absolute atomic E-state index is 0.0306. The lowest BCUT2D eigenvalue weighted by atomic mass is 9.86. The number of benzene rings is 1. The molecule has 21 heavy (non-hydrogen) atoms. The van der Waals surface area contributed by atoms with Gasteiger partial charge in [0.05, 0.1) is 13.2 Å². The van der Waals surface area contributed by atoms with Gasteiger partial charge >= 0.3 is 0 Å². The first-order valence-electron chi connectivity index (χ1n) is 7.85. The summed E-state index contributed by atoms with van der Waals surface area (Å²) in [4.78, 5) is 0. The smallest absolute Gasteiger partial charge is 0.122 e. The molecule has 0 aromatic heterocycles. The Morgan fingerprint density at radius 2 is 1.90 bits per heavy atom. The Labute approximate surface area is 129 Å². The van der Waals surface area contributed by atoms with Gasteiger partial charge in [-0.3, -0.25) is 0 Å². The van der Waals surface area contributed by atoms with E-state index in [0.29, 0.717) is 6.61 Å². The van der Waals surface area contributed by atoms with Gasteiger partial charge in [0.25, 0.3) is 0 Å². The van der Waals surface area contributed by atoms with Crippen molar-refractivity contribution in [3.8, 4) is 5.75 Å². The first kappa shape index (κ1) is 18.0. The van der Waals surface area contributed by atoms with Crippen molar-refractivity contribution >= 4 is 0 Å². The normalized spacial score (nSPS) is 14.8. The van der Waals surface area contributed by atoms with Crippen LogP contribution in [0.4, 0.5) is 0 Å². The topological polar surface area (TPSA) is 55.5 Å². The van der Waals surface area contributed by atoms with Crippen LogP contribution in [0.2, 0.25) is 0 Å². The first-order valence-corrected chi connectivity index (χ1v) is 7.85. The van der Waals surface area contributed by atoms with Crippen LogP contribution < -0.4 is 10.5 Å². The van der Waals surface area contributed by atoms with E-state index in [4.69, 9.17) is 10.5 Å². The van der Waals surface area contributed by atoms with Crippen LogP contribution in [-0.2, 0) is 5.41 Å². The van der Waals surface area contributed by atoms with Gasteiger partial charge < -0.3 is 15.6 Å². The maximum absolute atomic E-state index is 9.29. The standard InChI is InChI=1S/C18H31NO2/c1-6-18(19,13-20)10-7-11-21-16-9-8-15(12-14(16)2)17(3,4)5/h8-9,12,20H,6-7,10-11,13,19H2,1-5H3. The number of hydrogen-bond donors (Lipinski definition) is 2. The van der Waals surface area contributed by atoms with Crippen molar-refractivity contribution in [1.29, 1.82) is 0 Å². The van der Waals surface area contributed by atoms with Crippen molar-refractivity contribution < 1.29 is 9.84 Å². The molecule has 0 radical (unpaired) electrons. The third-order valence-electron chi connectivity index (χ3n) is 4.14. The second-order valence-electron chi connectivity index (χ2n) is 7.06. The van der Waals surface area contributed by atoms with Crippen molar-refractivity contribution in [3.05, 3.63) is 29.3 Å². The van der Waals surface area contributed by atoms with E-state index in [-0.39, 0.29) is 12.0 Å². The Bertz CT molecular complexity index is 445. The van der Waals surface area contributed by atoms with E-state index in [1.165, 1.54) is 11.1 Å². The second kappa shape index (κ2) is 7.28. The monoisotopic (exact) mass is 293 g/mol. The van der Waals surface area contributed by atoms with E-state index in [0.717, 1.165) is 25.0 Å². The summed E-state index contributed by atoms with van der Waals surface area (Å²) < 4.78 is 5.85. The van der Waals surface area contributed by atoms with Crippen molar-refractivity contribution in [2.45, 2.75) is 64.8 Å². The molecule has 0 heterocycles. The van der Waals surface area contributed by atoms with Crippen LogP contribution in [0.1, 0.15) is 58.1 Å². The lowest BCUT2D eigenvalue weighted by Gasteiger charge is -2.25. The highest BCUT2D eigenvalue weighted by atomic mass is 16.5. The summed E-state index contributed by atoms with van der Waals surface area (Å²) in [6.07, 6.45) is 2.41. The van der Waals surface area contributed by atoms with Gasteiger partial charge in [0.2, 0.25) is 0 Å². The van der Waals surface area contributed by atoms with Crippen molar-refractivity contribution in [3.63, 3.8) is 0 Å². The fraction of sp³-hybridized carbons (Fsp3) is 0.667. The third-order valence-corrected chi connectivity index (χ3v) is 4.14. The van der Waals surface area contributed by atoms with Crippen molar-refractivity contribution in [1.82, 2.24) is 0 Å². The van der Waals surface area contributed by atoms with Gasteiger partial charge in [-0.1, -0.05) is 39.8 Å². The molecule has 1 aromatic carbocycles. The third kappa shape index (κ3) is 5.33. The SMILES string of the molecule is CCC(N)(CO)CCCOc1ccc(C(C)(C)C)cc1C. The first-order chi connectivity index (χ1) is 9.72. The number of nitrogens with two attached hydrogens (primary N) is 1. The van der Waals surface area contributed by atoms with Crippen LogP contribution in [0.5, 0.6) is 5.75 Å². The Balaban J connectivity index is 2.54. The average Bonchev–Trinajstić information content (AvgIpc) is 2.43. The fourth-order valence-electron chi connectivity index (χ4n) is 2.25. The van der Waals surface area contributed by atoms with Gasteiger partial charge in [0.1, 0.15) is 5.75 Å². The molecule has 0 fully saturated rings. The highest BCUT2D eigenvalue weighted by Crippen LogP contribution is 2.27. The van der Waals surface area contributed by atoms with Gasteiger partial charge in [0, 0.05) is 5.54 Å². The Kier molecular flexibility index (Phi) is 6.24. The molecule has 120 valence electrons. The van der Waals surface area contributed by atoms with Gasteiger partial charge in [-0.05, 0) is 48.8 Å². The summed E-state index contributed by atoms with van der Waals surface area (Å²) in [5, 5.41) is 9.29. The minimum atomic E-state index is -0.464. The number of hydrogen-bond acceptors (Lipinski definition) is 3. The predicted octanol–water partition coefficient (Wildman–Crippen LogP) is 3.55. The highest BCUT2D eigenvalue weighted by Gasteiger charge is 2.21. The molecule has 3 N–H and O–H groups in total. The molecular weight excluding hydrogens is 262 g/mol. The molecule has 0 saturated carbocycles. The van der Waals surface area contributed by atoms with Crippen molar-refractivity contribution in [2.24, 2.45) is 5.73 Å². The summed E-state index contributed by atoms with van der Waals surface area (Å²) in [6, 6.07) is 6.38. The van der Waals surface area contributed by atoms with Gasteiger partial charge in [-0.2, -0.15) is 0 Å². The summed E-state index contributed by atoms with van der Waals surface area (Å²) in [6.45, 7) is 11.4. The molecular formula is C18H31NO2. The van der Waals surface area contributed by atoms with E-state index in [9.17, 15) is 5.11 Å². The highest BCUT2D eigenvalue weighted by molar-refractivity contribution is 5.38. The Hall–Kier alpha value is -1.06. The molecule has 1 atom stereocenters. The predicted molar refractivity (Wildman–Crippen MR) is 88.9 cm³/mol. The average molecular weight is 293 g/mol. The minimum Gasteiger partial charge on any atom is -0.493 e. The number of ether oxygens (including phenoxy) is 1. The summed E-state index contributed by atoms with van der Waals surface area (Å²) in [5.41, 5.74) is 8.25. The number of aryl methyl sites for hydroxylation is 1. The van der Waals surface area contributed by atoms with Gasteiger partial charge in [-0.15, -0.1) is 0 Å². The number of aliphatic hydroxyl groups is 1. The van der Waals surface area contributed by atoms with Crippen LogP contribution in [0.25, 0.3) is 0 Å². The van der Waals surface area contributed by atoms with E-state index in [1.807, 2.05) is 6.92 Å². The van der Waals surface area contributed by atoms with Gasteiger partial charge in [0.15, 0.2) is 0 Å². The number of rotatable bonds is 7. The molecule has 0 aliphatic rings. The Morgan fingerprint density at radius 3 is 2.38 bits per heavy atom. The second-order valence-corrected chi connectivity index (χ2v) is 7.06. The quantitative estimate of drug-likeness (QED) is 0.756. The van der Waals surface area contributed by atoms with E-state index >= 15 is 0 Å². The molecule has 1 unspecified atom stereocenters. The molecule has 0 aliphatic carbocycles. The van der Waals surface area contributed by atoms with Crippen LogP contribution in [0.15, 0.2) is 18.2 Å². The van der Waals surface area contributed by atoms with E-state index in [1.54, 1.807) is 0 Å². The molecule has 0 spiro atoms. The molecule has 3 heteroatoms. The zero-order valence-corrected chi connectivity index (χ0v) is 14.2. The zero-order valence-electron chi connectivity index (χ0n) is 14.2. The summed E-state index contributed by atoms with van der Waals surface area (Å²) in [5.74, 6) is 0.936. The van der Waals surface area contributed by atoms with Crippen molar-refractivity contribution in [2.75, 3.05) is 13.2 Å². The van der Waals surface area contributed by atoms with Gasteiger partial charge in [-0.25, -0.2) is 0 Å². The lowest BCUT2D eigenvalue weighted by molar-refractivity contribution is 0.171. The molecule has 1 rings (SSSR count). The molecule has 1 aromatic rings. The van der Waals surface area contributed by atoms with E-state index < -0.39 is 5.54 Å². The summed E-state index contributed by atoms with van der Waals surface area (Å²) in [7, 11) is 0. The molecule has 0 bridgehead atoms. The fourth-order valence-corrected chi connectivity index (χ4v) is 2.25. The lowest BCUT2D eigenvalue weighted by Crippen LogP contribution is -2.43. The van der Waals surface area contributed by atoms with E-state index in [2.05, 4.69) is 45.9 Å². The summed E-state index contributed by atoms with van der Waals surface area (Å²) >= 11 is 0. The maximum Gasteiger partial charge on any atom is 0.122 e. The van der Waals surface area contributed by atoms with Crippen LogP contribution in [0.3, 0.4) is 0 Å². The van der Waals surface area contributed by atoms with Crippen LogP contribution in [-0.4, -0.2) is 23.9 Å². The maximum atomic E-state index is 9.29. The largest absolute Gasteiger partial charge is 0.493 e. The molecule has 0 saturated heterocycles. The number of aliphatic hydroxyl groups excluding tert-OH is 1. The zero-order chi connectivity index (χ0) is 16.1. The molecule has 3 nitrogen and oxygen atoms in total. The molecule has 0 aliphatic heterocycles. The Morgan fingerprint density at radius 1 is 1.24 bits per heavy atom.